The number of fused-ring (bicyclic) bond motifs is 2. The molecule has 0 atom stereocenters. The van der Waals surface area contributed by atoms with Crippen molar-refractivity contribution < 1.29 is 4.79 Å². The minimum atomic E-state index is -0.208. The monoisotopic (exact) mass is 413 g/mol. The molecule has 1 amide bonds. The van der Waals surface area contributed by atoms with Gasteiger partial charge in [0, 0.05) is 11.4 Å². The largest absolute Gasteiger partial charge is 0.321 e. The van der Waals surface area contributed by atoms with Gasteiger partial charge in [-0.1, -0.05) is 24.3 Å². The van der Waals surface area contributed by atoms with Gasteiger partial charge >= 0.3 is 0 Å². The molecule has 4 aromatic heterocycles. The molecule has 5 rings (SSSR count). The molecule has 0 aliphatic carbocycles. The van der Waals surface area contributed by atoms with Gasteiger partial charge in [0.2, 0.25) is 0 Å². The van der Waals surface area contributed by atoms with Crippen molar-refractivity contribution in [3.05, 3.63) is 71.9 Å². The van der Waals surface area contributed by atoms with Crippen molar-refractivity contribution in [1.82, 2.24) is 19.7 Å². The second kappa shape index (κ2) is 7.35. The van der Waals surface area contributed by atoms with Crippen molar-refractivity contribution in [3.8, 4) is 10.6 Å². The molecule has 0 spiro atoms. The number of hydrogen-bond donors (Lipinski definition) is 1. The molecule has 0 bridgehead atoms. The number of amides is 1. The van der Waals surface area contributed by atoms with Crippen molar-refractivity contribution >= 4 is 44.9 Å². The van der Waals surface area contributed by atoms with Crippen LogP contribution in [0.25, 0.3) is 32.5 Å². The first kappa shape index (κ1) is 18.4. The van der Waals surface area contributed by atoms with Gasteiger partial charge in [-0.05, 0) is 43.5 Å². The SMILES string of the molecule is CC(C)n1ncc2c(C(=O)Nc3cnc4ccccc4c3)cc(-c3cccs3)nc21. The predicted molar refractivity (Wildman–Crippen MR) is 121 cm³/mol. The summed E-state index contributed by atoms with van der Waals surface area (Å²) in [6.45, 7) is 4.10. The molecule has 6 nitrogen and oxygen atoms in total. The Morgan fingerprint density at radius 1 is 1.10 bits per heavy atom. The van der Waals surface area contributed by atoms with Crippen LogP contribution in [0.3, 0.4) is 0 Å². The fourth-order valence-electron chi connectivity index (χ4n) is 3.47. The topological polar surface area (TPSA) is 72.7 Å². The summed E-state index contributed by atoms with van der Waals surface area (Å²) in [6, 6.07) is 15.7. The highest BCUT2D eigenvalue weighted by atomic mass is 32.1. The maximum absolute atomic E-state index is 13.3. The first-order chi connectivity index (χ1) is 14.6. The summed E-state index contributed by atoms with van der Waals surface area (Å²) in [5, 5.41) is 11.2. The van der Waals surface area contributed by atoms with Gasteiger partial charge in [-0.2, -0.15) is 5.10 Å². The molecule has 5 aromatic rings. The average Bonchev–Trinajstić information content (AvgIpc) is 3.43. The van der Waals surface area contributed by atoms with Crippen LogP contribution in [0.1, 0.15) is 30.2 Å². The van der Waals surface area contributed by atoms with E-state index in [2.05, 4.69) is 15.4 Å². The Bertz CT molecular complexity index is 1370. The predicted octanol–water partition coefficient (Wildman–Crippen LogP) is 5.54. The summed E-state index contributed by atoms with van der Waals surface area (Å²) in [4.78, 5) is 23.5. The van der Waals surface area contributed by atoms with E-state index < -0.39 is 0 Å². The van der Waals surface area contributed by atoms with Gasteiger partial charge < -0.3 is 5.32 Å². The van der Waals surface area contributed by atoms with E-state index in [9.17, 15) is 4.79 Å². The van der Waals surface area contributed by atoms with Gasteiger partial charge in [0.05, 0.1) is 45.1 Å². The number of nitrogens with zero attached hydrogens (tertiary/aromatic N) is 4. The first-order valence-electron chi connectivity index (χ1n) is 9.68. The molecule has 7 heteroatoms. The average molecular weight is 414 g/mol. The number of aromatic nitrogens is 4. The van der Waals surface area contributed by atoms with Gasteiger partial charge in [0.15, 0.2) is 5.65 Å². The first-order valence-corrected chi connectivity index (χ1v) is 10.6. The van der Waals surface area contributed by atoms with E-state index in [0.717, 1.165) is 26.9 Å². The minimum Gasteiger partial charge on any atom is -0.321 e. The highest BCUT2D eigenvalue weighted by molar-refractivity contribution is 7.13. The fourth-order valence-corrected chi connectivity index (χ4v) is 4.16. The number of rotatable bonds is 4. The summed E-state index contributed by atoms with van der Waals surface area (Å²) in [6.07, 6.45) is 3.39. The fraction of sp³-hybridized carbons (Fsp3) is 0.130. The minimum absolute atomic E-state index is 0.134. The molecule has 1 aromatic carbocycles. The number of benzene rings is 1. The van der Waals surface area contributed by atoms with Crippen molar-refractivity contribution in [1.29, 1.82) is 0 Å². The third-order valence-electron chi connectivity index (χ3n) is 4.92. The molecular formula is C23H19N5OS. The molecule has 0 aliphatic heterocycles. The number of nitrogens with one attached hydrogen (secondary N) is 1. The Balaban J connectivity index is 1.60. The Kier molecular flexibility index (Phi) is 4.52. The van der Waals surface area contributed by atoms with Gasteiger partial charge in [0.25, 0.3) is 5.91 Å². The highest BCUT2D eigenvalue weighted by Gasteiger charge is 2.19. The number of anilines is 1. The van der Waals surface area contributed by atoms with E-state index in [0.29, 0.717) is 16.9 Å². The molecular weight excluding hydrogens is 394 g/mol. The summed E-state index contributed by atoms with van der Waals surface area (Å²) >= 11 is 1.59. The van der Waals surface area contributed by atoms with Crippen LogP contribution in [0.2, 0.25) is 0 Å². The molecule has 0 fully saturated rings. The number of hydrogen-bond acceptors (Lipinski definition) is 5. The molecule has 0 aliphatic rings. The van der Waals surface area contributed by atoms with E-state index in [1.807, 2.05) is 72.4 Å². The molecule has 1 N–H and O–H groups in total. The molecule has 148 valence electrons. The van der Waals surface area contributed by atoms with Crippen molar-refractivity contribution in [2.45, 2.75) is 19.9 Å². The number of carbonyl (C=O) groups excluding carboxylic acids is 1. The standard InChI is InChI=1S/C23H19N5OS/c1-14(2)28-22-18(13-25-28)17(11-20(27-22)21-8-5-9-30-21)23(29)26-16-10-15-6-3-4-7-19(15)24-12-16/h3-14H,1-2H3,(H,26,29). The summed E-state index contributed by atoms with van der Waals surface area (Å²) in [7, 11) is 0. The van der Waals surface area contributed by atoms with Crippen LogP contribution in [0.5, 0.6) is 0 Å². The lowest BCUT2D eigenvalue weighted by Crippen LogP contribution is -2.13. The third kappa shape index (κ3) is 3.23. The van der Waals surface area contributed by atoms with E-state index in [4.69, 9.17) is 4.98 Å². The van der Waals surface area contributed by atoms with Crippen LogP contribution >= 0.6 is 11.3 Å². The quantitative estimate of drug-likeness (QED) is 0.420. The van der Waals surface area contributed by atoms with E-state index >= 15 is 0 Å². The van der Waals surface area contributed by atoms with Crippen LogP contribution < -0.4 is 5.32 Å². The lowest BCUT2D eigenvalue weighted by atomic mass is 10.1. The second-order valence-electron chi connectivity index (χ2n) is 7.32. The Morgan fingerprint density at radius 3 is 2.77 bits per heavy atom. The van der Waals surface area contributed by atoms with Crippen LogP contribution in [0, 0.1) is 0 Å². The highest BCUT2D eigenvalue weighted by Crippen LogP contribution is 2.29. The molecule has 0 saturated heterocycles. The maximum Gasteiger partial charge on any atom is 0.256 e. The summed E-state index contributed by atoms with van der Waals surface area (Å²) in [5.41, 5.74) is 3.56. The van der Waals surface area contributed by atoms with Gasteiger partial charge in [0.1, 0.15) is 0 Å². The molecule has 0 saturated carbocycles. The Morgan fingerprint density at radius 2 is 1.97 bits per heavy atom. The maximum atomic E-state index is 13.3. The van der Waals surface area contributed by atoms with Crippen molar-refractivity contribution in [3.63, 3.8) is 0 Å². The number of thiophene rings is 1. The van der Waals surface area contributed by atoms with Crippen LogP contribution in [-0.4, -0.2) is 25.7 Å². The molecule has 30 heavy (non-hydrogen) atoms. The zero-order valence-electron chi connectivity index (χ0n) is 16.5. The summed E-state index contributed by atoms with van der Waals surface area (Å²) in [5.74, 6) is -0.208. The number of para-hydroxylation sites is 1. The van der Waals surface area contributed by atoms with E-state index in [1.165, 1.54) is 0 Å². The van der Waals surface area contributed by atoms with Gasteiger partial charge in [-0.15, -0.1) is 11.3 Å². The lowest BCUT2D eigenvalue weighted by molar-refractivity contribution is 0.102. The molecule has 4 heterocycles. The van der Waals surface area contributed by atoms with Gasteiger partial charge in [-0.3, -0.25) is 9.78 Å². The lowest BCUT2D eigenvalue weighted by Gasteiger charge is -2.11. The third-order valence-corrected chi connectivity index (χ3v) is 5.81. The molecule has 0 unspecified atom stereocenters. The zero-order valence-corrected chi connectivity index (χ0v) is 17.4. The van der Waals surface area contributed by atoms with Crippen LogP contribution in [0.4, 0.5) is 5.69 Å². The van der Waals surface area contributed by atoms with Crippen molar-refractivity contribution in [2.75, 3.05) is 5.32 Å². The number of carbonyl (C=O) groups is 1. The van der Waals surface area contributed by atoms with Crippen molar-refractivity contribution in [2.24, 2.45) is 0 Å². The van der Waals surface area contributed by atoms with E-state index in [1.54, 1.807) is 23.7 Å². The summed E-state index contributed by atoms with van der Waals surface area (Å²) < 4.78 is 1.85. The smallest absolute Gasteiger partial charge is 0.256 e. The zero-order chi connectivity index (χ0) is 20.7. The van der Waals surface area contributed by atoms with E-state index in [-0.39, 0.29) is 11.9 Å². The number of pyridine rings is 2. The van der Waals surface area contributed by atoms with Gasteiger partial charge in [-0.25, -0.2) is 9.67 Å². The Hall–Kier alpha value is -3.58. The van der Waals surface area contributed by atoms with Crippen LogP contribution in [-0.2, 0) is 0 Å². The van der Waals surface area contributed by atoms with Crippen LogP contribution in [0.15, 0.2) is 66.3 Å². The molecule has 0 radical (unpaired) electrons. The second-order valence-corrected chi connectivity index (χ2v) is 8.27. The Labute approximate surface area is 177 Å². The normalized spacial score (nSPS) is 11.4.